The number of ether oxygens (including phenoxy) is 1. The number of amides is 1. The van der Waals surface area contributed by atoms with Crippen molar-refractivity contribution in [3.05, 3.63) is 22.4 Å². The quantitative estimate of drug-likeness (QED) is 0.783. The Morgan fingerprint density at radius 3 is 2.48 bits per heavy atom. The summed E-state index contributed by atoms with van der Waals surface area (Å²) in [4.78, 5) is 21.2. The van der Waals surface area contributed by atoms with E-state index in [0.29, 0.717) is 18.7 Å². The van der Waals surface area contributed by atoms with E-state index in [1.807, 2.05) is 13.8 Å². The molecule has 1 aromatic heterocycles. The lowest BCUT2D eigenvalue weighted by molar-refractivity contribution is -0.0245. The zero-order valence-electron chi connectivity index (χ0n) is 17.3. The zero-order chi connectivity index (χ0) is 21.0. The summed E-state index contributed by atoms with van der Waals surface area (Å²) < 4.78 is 32.6. The van der Waals surface area contributed by atoms with Gasteiger partial charge in [0.05, 0.1) is 42.5 Å². The predicted octanol–water partition coefficient (Wildman–Crippen LogP) is 2.68. The van der Waals surface area contributed by atoms with Gasteiger partial charge >= 0.3 is 0 Å². The highest BCUT2D eigenvalue weighted by Crippen LogP contribution is 2.60. The summed E-state index contributed by atoms with van der Waals surface area (Å²) in [5.74, 6) is -1.76. The van der Waals surface area contributed by atoms with Gasteiger partial charge < -0.3 is 19.6 Å². The summed E-state index contributed by atoms with van der Waals surface area (Å²) in [6, 6.07) is 0. The summed E-state index contributed by atoms with van der Waals surface area (Å²) in [6.07, 6.45) is 1.46. The van der Waals surface area contributed by atoms with Gasteiger partial charge in [-0.3, -0.25) is 4.79 Å². The highest BCUT2D eigenvalue weighted by molar-refractivity contribution is 6.00. The molecular weight excluding hydrogens is 380 g/mol. The van der Waals surface area contributed by atoms with Crippen LogP contribution in [0.2, 0.25) is 0 Å². The molecule has 0 bridgehead atoms. The molecule has 1 saturated carbocycles. The highest BCUT2D eigenvalue weighted by atomic mass is 19.3. The van der Waals surface area contributed by atoms with E-state index in [2.05, 4.69) is 4.90 Å². The minimum atomic E-state index is -2.59. The molecule has 8 heteroatoms. The number of β-amino-alcohol motifs (C(OH)–C–C–N with tert-alkyl or cyclic N) is 1. The Kier molecular flexibility index (Phi) is 5.06. The van der Waals surface area contributed by atoms with Crippen LogP contribution in [0.4, 0.5) is 14.6 Å². The SMILES string of the molecule is Cc1c(N2CCC(OC[C@]3(C)CC3(F)F)CC2)nc2c(c1C)C(=O)N(CCO)C2. The smallest absolute Gasteiger partial charge is 0.256 e. The summed E-state index contributed by atoms with van der Waals surface area (Å²) in [5.41, 5.74) is 2.37. The van der Waals surface area contributed by atoms with Crippen molar-refractivity contribution in [1.29, 1.82) is 0 Å². The Hall–Kier alpha value is -1.80. The maximum absolute atomic E-state index is 13.4. The third-order valence-electron chi connectivity index (χ3n) is 6.76. The second-order valence-electron chi connectivity index (χ2n) is 8.90. The molecule has 1 saturated heterocycles. The molecule has 3 heterocycles. The third kappa shape index (κ3) is 3.50. The molecule has 3 aliphatic rings. The predicted molar refractivity (Wildman–Crippen MR) is 104 cm³/mol. The van der Waals surface area contributed by atoms with Crippen LogP contribution in [0.3, 0.4) is 0 Å². The van der Waals surface area contributed by atoms with Crippen molar-refractivity contribution in [2.75, 3.05) is 37.7 Å². The van der Waals surface area contributed by atoms with E-state index >= 15 is 0 Å². The van der Waals surface area contributed by atoms with Crippen molar-refractivity contribution in [3.63, 3.8) is 0 Å². The molecule has 1 N–H and O–H groups in total. The van der Waals surface area contributed by atoms with Crippen molar-refractivity contribution in [2.24, 2.45) is 5.41 Å². The molecule has 1 aliphatic carbocycles. The van der Waals surface area contributed by atoms with Crippen molar-refractivity contribution in [3.8, 4) is 0 Å². The average Bonchev–Trinajstić information content (AvgIpc) is 3.02. The normalized spacial score (nSPS) is 26.2. The first-order valence-corrected chi connectivity index (χ1v) is 10.3. The van der Waals surface area contributed by atoms with E-state index in [-0.39, 0.29) is 31.6 Å². The number of fused-ring (bicyclic) bond motifs is 1. The van der Waals surface area contributed by atoms with Gasteiger partial charge in [0.25, 0.3) is 11.8 Å². The van der Waals surface area contributed by atoms with Gasteiger partial charge in [-0.25, -0.2) is 13.8 Å². The van der Waals surface area contributed by atoms with Gasteiger partial charge in [-0.05, 0) is 37.8 Å². The maximum atomic E-state index is 13.4. The van der Waals surface area contributed by atoms with Crippen molar-refractivity contribution in [2.45, 2.75) is 58.6 Å². The second kappa shape index (κ2) is 7.16. The lowest BCUT2D eigenvalue weighted by atomic mass is 10.0. The fourth-order valence-corrected chi connectivity index (χ4v) is 4.40. The number of piperidine rings is 1. The number of carbonyl (C=O) groups is 1. The molecule has 0 unspecified atom stereocenters. The summed E-state index contributed by atoms with van der Waals surface area (Å²) >= 11 is 0. The number of hydrogen-bond donors (Lipinski definition) is 1. The molecule has 1 amide bonds. The molecule has 2 aliphatic heterocycles. The first kappa shape index (κ1) is 20.5. The average molecular weight is 409 g/mol. The molecule has 29 heavy (non-hydrogen) atoms. The van der Waals surface area contributed by atoms with Gasteiger partial charge in [-0.15, -0.1) is 0 Å². The highest BCUT2D eigenvalue weighted by Gasteiger charge is 2.68. The molecular formula is C21H29F2N3O3. The topological polar surface area (TPSA) is 65.9 Å². The van der Waals surface area contributed by atoms with Gasteiger partial charge in [0.2, 0.25) is 0 Å². The Labute approximate surface area is 169 Å². The molecule has 4 rings (SSSR count). The first-order chi connectivity index (χ1) is 13.7. The number of aromatic nitrogens is 1. The van der Waals surface area contributed by atoms with Crippen LogP contribution >= 0.6 is 0 Å². The fourth-order valence-electron chi connectivity index (χ4n) is 4.40. The molecule has 1 aromatic rings. The Morgan fingerprint density at radius 1 is 1.24 bits per heavy atom. The van der Waals surface area contributed by atoms with Crippen LogP contribution in [0, 0.1) is 19.3 Å². The van der Waals surface area contributed by atoms with Gasteiger partial charge in [0, 0.05) is 26.1 Å². The fraction of sp³-hybridized carbons (Fsp3) is 0.714. The number of nitrogens with zero attached hydrogens (tertiary/aromatic N) is 3. The van der Waals surface area contributed by atoms with E-state index in [1.54, 1.807) is 11.8 Å². The zero-order valence-corrected chi connectivity index (χ0v) is 17.3. The van der Waals surface area contributed by atoms with Crippen molar-refractivity contribution < 1.29 is 23.4 Å². The molecule has 1 atom stereocenters. The number of hydrogen-bond acceptors (Lipinski definition) is 5. The number of carbonyl (C=O) groups excluding carboxylic acids is 1. The third-order valence-corrected chi connectivity index (χ3v) is 6.76. The molecule has 160 valence electrons. The minimum absolute atomic E-state index is 0.00284. The van der Waals surface area contributed by atoms with Gasteiger partial charge in [0.15, 0.2) is 0 Å². The second-order valence-corrected chi connectivity index (χ2v) is 8.90. The van der Waals surface area contributed by atoms with Crippen LogP contribution < -0.4 is 4.90 Å². The van der Waals surface area contributed by atoms with Crippen LogP contribution in [0.1, 0.15) is 53.4 Å². The Balaban J connectivity index is 1.41. The van der Waals surface area contributed by atoms with Crippen LogP contribution in [-0.2, 0) is 11.3 Å². The molecule has 0 aromatic carbocycles. The number of anilines is 1. The monoisotopic (exact) mass is 409 g/mol. The number of rotatable bonds is 6. The van der Waals surface area contributed by atoms with Crippen LogP contribution in [-0.4, -0.2) is 65.8 Å². The lowest BCUT2D eigenvalue weighted by Gasteiger charge is -2.34. The van der Waals surface area contributed by atoms with Crippen molar-refractivity contribution in [1.82, 2.24) is 9.88 Å². The minimum Gasteiger partial charge on any atom is -0.395 e. The van der Waals surface area contributed by atoms with E-state index < -0.39 is 11.3 Å². The van der Waals surface area contributed by atoms with Gasteiger partial charge in [0.1, 0.15) is 5.82 Å². The Bertz CT molecular complexity index is 824. The summed E-state index contributed by atoms with van der Waals surface area (Å²) in [5, 5.41) is 9.18. The maximum Gasteiger partial charge on any atom is 0.256 e. The van der Waals surface area contributed by atoms with E-state index in [9.17, 15) is 18.7 Å². The number of alkyl halides is 2. The first-order valence-electron chi connectivity index (χ1n) is 10.3. The molecule has 0 radical (unpaired) electrons. The number of aliphatic hydroxyl groups excluding tert-OH is 1. The van der Waals surface area contributed by atoms with Crippen molar-refractivity contribution >= 4 is 11.7 Å². The van der Waals surface area contributed by atoms with Crippen LogP contribution in [0.15, 0.2) is 0 Å². The summed E-state index contributed by atoms with van der Waals surface area (Å²) in [6.45, 7) is 7.80. The molecule has 2 fully saturated rings. The largest absolute Gasteiger partial charge is 0.395 e. The van der Waals surface area contributed by atoms with Gasteiger partial charge in [-0.1, -0.05) is 6.92 Å². The van der Waals surface area contributed by atoms with Crippen LogP contribution in [0.5, 0.6) is 0 Å². The van der Waals surface area contributed by atoms with Gasteiger partial charge in [-0.2, -0.15) is 0 Å². The van der Waals surface area contributed by atoms with E-state index in [1.165, 1.54) is 0 Å². The van der Waals surface area contributed by atoms with Crippen LogP contribution in [0.25, 0.3) is 0 Å². The summed E-state index contributed by atoms with van der Waals surface area (Å²) in [7, 11) is 0. The van der Waals surface area contributed by atoms with E-state index in [4.69, 9.17) is 9.72 Å². The standard InChI is InChI=1S/C21H29F2N3O3/c1-13-14(2)18(24-16-10-26(8-9-27)19(28)17(13)16)25-6-4-15(5-7-25)29-12-20(3)11-21(20,22)23/h15,27H,4-12H2,1-3H3/t20-/m0/s1. The molecule has 0 spiro atoms. The lowest BCUT2D eigenvalue weighted by Crippen LogP contribution is -2.39. The van der Waals surface area contributed by atoms with E-state index in [0.717, 1.165) is 48.6 Å². The number of aliphatic hydroxyl groups is 1. The Morgan fingerprint density at radius 2 is 1.90 bits per heavy atom. The molecule has 6 nitrogen and oxygen atoms in total. The number of halogens is 2. The number of pyridine rings is 1.